The molecule has 0 spiro atoms. The largest absolute Gasteiger partial charge is 0.342 e. The number of nitrogens with zero attached hydrogens (tertiary/aromatic N) is 2. The van der Waals surface area contributed by atoms with Crippen LogP contribution >= 0.6 is 35.6 Å². The van der Waals surface area contributed by atoms with Crippen LogP contribution in [0.3, 0.4) is 0 Å². The van der Waals surface area contributed by atoms with Gasteiger partial charge >= 0.3 is 0 Å². The van der Waals surface area contributed by atoms with Crippen LogP contribution in [0.25, 0.3) is 17.0 Å². The molecule has 0 N–H and O–H groups in total. The minimum Gasteiger partial charge on any atom is -0.342 e. The van der Waals surface area contributed by atoms with Gasteiger partial charge in [-0.05, 0) is 42.2 Å². The molecular weight excluding hydrogens is 511 g/mol. The Morgan fingerprint density at radius 1 is 1.06 bits per heavy atom. The molecule has 0 unspecified atom stereocenters. The Morgan fingerprint density at radius 3 is 2.58 bits per heavy atom. The summed E-state index contributed by atoms with van der Waals surface area (Å²) < 4.78 is 17.2. The van der Waals surface area contributed by atoms with Crippen LogP contribution in [0.2, 0.25) is 5.02 Å². The molecule has 0 aliphatic carbocycles. The maximum absolute atomic E-state index is 14.6. The highest BCUT2D eigenvalue weighted by Gasteiger charge is 2.32. The number of fused-ring (bicyclic) bond motifs is 1. The van der Waals surface area contributed by atoms with Crippen molar-refractivity contribution in [1.29, 1.82) is 0 Å². The molecule has 0 saturated carbocycles. The summed E-state index contributed by atoms with van der Waals surface area (Å²) >= 11 is 13.2. The summed E-state index contributed by atoms with van der Waals surface area (Å²) in [6.45, 7) is 2.93. The van der Waals surface area contributed by atoms with E-state index in [2.05, 4.69) is 25.1 Å². The molecule has 1 amide bonds. The van der Waals surface area contributed by atoms with Crippen LogP contribution in [0.4, 0.5) is 4.39 Å². The fourth-order valence-electron chi connectivity index (χ4n) is 4.56. The first-order chi connectivity index (χ1) is 17.5. The second-order valence-corrected chi connectivity index (χ2v) is 10.7. The molecule has 5 rings (SSSR count). The highest BCUT2D eigenvalue weighted by atomic mass is 35.5. The van der Waals surface area contributed by atoms with Gasteiger partial charge in [-0.25, -0.2) is 4.39 Å². The zero-order valence-electron chi connectivity index (χ0n) is 19.7. The average molecular weight is 535 g/mol. The predicted molar refractivity (Wildman–Crippen MR) is 152 cm³/mol. The molecule has 1 aromatic heterocycles. The van der Waals surface area contributed by atoms with Crippen LogP contribution < -0.4 is 0 Å². The summed E-state index contributed by atoms with van der Waals surface area (Å²) in [4.78, 5) is 15.5. The van der Waals surface area contributed by atoms with Crippen LogP contribution in [0.15, 0.2) is 77.8 Å². The van der Waals surface area contributed by atoms with Crippen molar-refractivity contribution in [3.8, 4) is 0 Å². The van der Waals surface area contributed by atoms with E-state index in [1.165, 1.54) is 17.8 Å². The van der Waals surface area contributed by atoms with Crippen molar-refractivity contribution in [1.82, 2.24) is 9.47 Å². The van der Waals surface area contributed by atoms with E-state index in [4.69, 9.17) is 23.8 Å². The molecule has 0 radical (unpaired) electrons. The Kier molecular flexibility index (Phi) is 7.28. The zero-order valence-corrected chi connectivity index (χ0v) is 22.1. The Hall–Kier alpha value is -2.93. The first-order valence-electron chi connectivity index (χ1n) is 11.8. The molecule has 1 aliphatic heterocycles. The predicted octanol–water partition coefficient (Wildman–Crippen LogP) is 7.49. The van der Waals surface area contributed by atoms with Gasteiger partial charge in [-0.3, -0.25) is 9.69 Å². The quantitative estimate of drug-likeness (QED) is 0.181. The summed E-state index contributed by atoms with van der Waals surface area (Å²) in [6, 6.07) is 20.9. The van der Waals surface area contributed by atoms with E-state index in [9.17, 15) is 9.18 Å². The van der Waals surface area contributed by atoms with Crippen LogP contribution in [0.5, 0.6) is 0 Å². The van der Waals surface area contributed by atoms with Crippen LogP contribution in [0, 0.1) is 5.82 Å². The van der Waals surface area contributed by atoms with E-state index in [0.29, 0.717) is 32.9 Å². The summed E-state index contributed by atoms with van der Waals surface area (Å²) in [5.74, 6) is -0.412. The summed E-state index contributed by atoms with van der Waals surface area (Å²) in [7, 11) is 0. The van der Waals surface area contributed by atoms with Crippen molar-refractivity contribution in [2.45, 2.75) is 26.3 Å². The number of carbonyl (C=O) groups excluding carboxylic acids is 1. The number of para-hydroxylation sites is 1. The fourth-order valence-corrected chi connectivity index (χ4v) is 6.09. The van der Waals surface area contributed by atoms with Crippen LogP contribution in [0.1, 0.15) is 29.2 Å². The van der Waals surface area contributed by atoms with Gasteiger partial charge in [-0.15, -0.1) is 0 Å². The Balaban J connectivity index is 1.49. The minimum absolute atomic E-state index is 0.0781. The van der Waals surface area contributed by atoms with Crippen LogP contribution in [-0.2, 0) is 24.2 Å². The third kappa shape index (κ3) is 4.85. The van der Waals surface area contributed by atoms with E-state index in [0.717, 1.165) is 40.4 Å². The van der Waals surface area contributed by atoms with Crippen molar-refractivity contribution in [3.63, 3.8) is 0 Å². The molecule has 3 aromatic carbocycles. The SMILES string of the molecule is CCc1cccc2c(/C=C3\SC(=S)N(CCc4ccccc4)C3=O)cn(Cc3c(F)cccc3Cl)c12. The summed E-state index contributed by atoms with van der Waals surface area (Å²) in [5, 5.41) is 1.41. The van der Waals surface area contributed by atoms with Gasteiger partial charge in [0.15, 0.2) is 0 Å². The standard InChI is InChI=1S/C29H24ClFN2OS2/c1-2-20-10-6-11-22-21(17-32(27(20)22)18-23-24(30)12-7-13-25(23)31)16-26-28(34)33(29(35)36-26)15-14-19-8-4-3-5-9-19/h3-13,16-17H,2,14-15,18H2,1H3/b26-16-. The summed E-state index contributed by atoms with van der Waals surface area (Å²) in [6.07, 6.45) is 5.45. The van der Waals surface area contributed by atoms with Crippen molar-refractivity contribution in [2.75, 3.05) is 6.54 Å². The van der Waals surface area contributed by atoms with Gasteiger partial charge in [-0.1, -0.05) is 97.1 Å². The Labute approximate surface area is 224 Å². The summed E-state index contributed by atoms with van der Waals surface area (Å²) in [5.41, 5.74) is 4.68. The molecule has 182 valence electrons. The van der Waals surface area contributed by atoms with E-state index in [-0.39, 0.29) is 11.7 Å². The zero-order chi connectivity index (χ0) is 25.2. The van der Waals surface area contributed by atoms with Crippen molar-refractivity contribution < 1.29 is 9.18 Å². The third-order valence-electron chi connectivity index (χ3n) is 6.41. The lowest BCUT2D eigenvalue weighted by atomic mass is 10.1. The molecule has 2 heterocycles. The molecule has 1 saturated heterocycles. The van der Waals surface area contributed by atoms with Crippen molar-refractivity contribution in [3.05, 3.63) is 111 Å². The normalized spacial score (nSPS) is 15.0. The Morgan fingerprint density at radius 2 is 1.83 bits per heavy atom. The van der Waals surface area contributed by atoms with Crippen molar-refractivity contribution in [2.24, 2.45) is 0 Å². The lowest BCUT2D eigenvalue weighted by Crippen LogP contribution is -2.30. The molecule has 1 fully saturated rings. The van der Waals surface area contributed by atoms with Gasteiger partial charge in [-0.2, -0.15) is 0 Å². The first-order valence-corrected chi connectivity index (χ1v) is 13.4. The van der Waals surface area contributed by atoms with Gasteiger partial charge in [0, 0.05) is 34.3 Å². The van der Waals surface area contributed by atoms with E-state index < -0.39 is 0 Å². The first kappa shape index (κ1) is 24.8. The molecule has 0 bridgehead atoms. The molecular formula is C29H24ClFN2OS2. The fraction of sp³-hybridized carbons (Fsp3) is 0.172. The molecule has 0 atom stereocenters. The number of aryl methyl sites for hydroxylation is 1. The average Bonchev–Trinajstić information content (AvgIpc) is 3.36. The van der Waals surface area contributed by atoms with Gasteiger partial charge in [0.25, 0.3) is 5.91 Å². The van der Waals surface area contributed by atoms with E-state index in [1.807, 2.05) is 47.2 Å². The minimum atomic E-state index is -0.334. The number of carbonyl (C=O) groups is 1. The number of thiocarbonyl (C=S) groups is 1. The van der Waals surface area contributed by atoms with E-state index in [1.54, 1.807) is 17.0 Å². The number of thioether (sulfide) groups is 1. The number of benzene rings is 3. The maximum atomic E-state index is 14.6. The molecule has 4 aromatic rings. The monoisotopic (exact) mass is 534 g/mol. The smallest absolute Gasteiger partial charge is 0.266 e. The highest BCUT2D eigenvalue weighted by molar-refractivity contribution is 8.26. The van der Waals surface area contributed by atoms with Crippen LogP contribution in [-0.4, -0.2) is 26.2 Å². The molecule has 36 heavy (non-hydrogen) atoms. The topological polar surface area (TPSA) is 25.2 Å². The van der Waals surface area contributed by atoms with E-state index >= 15 is 0 Å². The number of hydrogen-bond donors (Lipinski definition) is 0. The highest BCUT2D eigenvalue weighted by Crippen LogP contribution is 2.36. The lowest BCUT2D eigenvalue weighted by molar-refractivity contribution is -0.122. The third-order valence-corrected chi connectivity index (χ3v) is 8.14. The number of hydrogen-bond acceptors (Lipinski definition) is 3. The Bertz CT molecular complexity index is 1480. The van der Waals surface area contributed by atoms with Gasteiger partial charge in [0.1, 0.15) is 10.1 Å². The molecule has 3 nitrogen and oxygen atoms in total. The van der Waals surface area contributed by atoms with Crippen molar-refractivity contribution >= 4 is 62.8 Å². The number of halogens is 2. The molecule has 1 aliphatic rings. The van der Waals surface area contributed by atoms with Gasteiger partial charge < -0.3 is 4.57 Å². The number of aromatic nitrogens is 1. The molecule has 7 heteroatoms. The number of amides is 1. The maximum Gasteiger partial charge on any atom is 0.266 e. The lowest BCUT2D eigenvalue weighted by Gasteiger charge is -2.14. The second-order valence-electron chi connectivity index (χ2n) is 8.65. The van der Waals surface area contributed by atoms with Gasteiger partial charge in [0.05, 0.1) is 17.0 Å². The van der Waals surface area contributed by atoms with Gasteiger partial charge in [0.2, 0.25) is 0 Å². The number of rotatable bonds is 7. The second kappa shape index (κ2) is 10.6.